The molecule has 0 atom stereocenters. The van der Waals surface area contributed by atoms with Gasteiger partial charge in [0.15, 0.2) is 0 Å². The van der Waals surface area contributed by atoms with Crippen molar-refractivity contribution in [1.29, 1.82) is 0 Å². The molecule has 0 fully saturated rings. The Morgan fingerprint density at radius 1 is 0.810 bits per heavy atom. The highest BCUT2D eigenvalue weighted by molar-refractivity contribution is 5.81. The van der Waals surface area contributed by atoms with Gasteiger partial charge in [-0.2, -0.15) is 0 Å². The molecule has 0 bridgehead atoms. The predicted molar refractivity (Wildman–Crippen MR) is 87.4 cm³/mol. The third-order valence-electron chi connectivity index (χ3n) is 3.25. The molecule has 3 aromatic rings. The molecule has 0 radical (unpaired) electrons. The van der Waals surface area contributed by atoms with Gasteiger partial charge >= 0.3 is 0 Å². The Morgan fingerprint density at radius 2 is 1.57 bits per heavy atom. The molecule has 1 aromatic heterocycles. The molecule has 0 saturated heterocycles. The van der Waals surface area contributed by atoms with Gasteiger partial charge in [-0.25, -0.2) is 0 Å². The Labute approximate surface area is 124 Å². The van der Waals surface area contributed by atoms with Crippen LogP contribution in [0.4, 0.5) is 0 Å². The van der Waals surface area contributed by atoms with Crippen LogP contribution < -0.4 is 0 Å². The van der Waals surface area contributed by atoms with E-state index in [1.165, 1.54) is 11.1 Å². The minimum absolute atomic E-state index is 0.661. The first kappa shape index (κ1) is 13.3. The fourth-order valence-electron chi connectivity index (χ4n) is 2.14. The second kappa shape index (κ2) is 6.62. The lowest BCUT2D eigenvalue weighted by Gasteiger charge is -2.01. The summed E-state index contributed by atoms with van der Waals surface area (Å²) in [6, 6.07) is 22.8. The van der Waals surface area contributed by atoms with Crippen LogP contribution in [0.5, 0.6) is 0 Å². The smallest absolute Gasteiger partial charge is 0.0654 e. The molecule has 3 rings (SSSR count). The third kappa shape index (κ3) is 3.63. The zero-order valence-corrected chi connectivity index (χ0v) is 11.7. The Balaban J connectivity index is 1.67. The Bertz CT molecular complexity index is 702. The summed E-state index contributed by atoms with van der Waals surface area (Å²) in [5.74, 6) is 0. The molecule has 21 heavy (non-hydrogen) atoms. The van der Waals surface area contributed by atoms with Crippen molar-refractivity contribution < 1.29 is 0 Å². The second-order valence-electron chi connectivity index (χ2n) is 4.82. The van der Waals surface area contributed by atoms with Crippen LogP contribution in [0.1, 0.15) is 11.1 Å². The van der Waals surface area contributed by atoms with Crippen molar-refractivity contribution in [3.05, 3.63) is 90.3 Å². The summed E-state index contributed by atoms with van der Waals surface area (Å²) >= 11 is 0. The van der Waals surface area contributed by atoms with E-state index >= 15 is 0 Å². The maximum atomic E-state index is 4.45. The number of benzene rings is 2. The Morgan fingerprint density at radius 3 is 2.29 bits per heavy atom. The van der Waals surface area contributed by atoms with Crippen molar-refractivity contribution in [2.45, 2.75) is 6.54 Å². The molecular weight excluding hydrogens is 256 g/mol. The summed E-state index contributed by atoms with van der Waals surface area (Å²) in [6.45, 7) is 0.661. The summed E-state index contributed by atoms with van der Waals surface area (Å²) in [5, 5.41) is 0. The van der Waals surface area contributed by atoms with Crippen LogP contribution in [-0.2, 0) is 6.54 Å². The topological polar surface area (TPSA) is 25.2 Å². The standard InChI is InChI=1S/C19H16N2/c1-2-6-18(7-3-1)19-10-8-16(9-11-19)13-21-15-17-5-4-12-20-14-17/h1-14H,15H2. The van der Waals surface area contributed by atoms with Crippen LogP contribution in [0, 0.1) is 0 Å². The first-order chi connectivity index (χ1) is 10.4. The number of aliphatic imine (C=N–C) groups is 1. The van der Waals surface area contributed by atoms with Crippen molar-refractivity contribution >= 4 is 6.21 Å². The second-order valence-corrected chi connectivity index (χ2v) is 4.82. The van der Waals surface area contributed by atoms with Crippen LogP contribution in [0.25, 0.3) is 11.1 Å². The first-order valence-electron chi connectivity index (χ1n) is 6.96. The molecule has 102 valence electrons. The molecule has 0 aliphatic rings. The van der Waals surface area contributed by atoms with Crippen LogP contribution in [0.3, 0.4) is 0 Å². The van der Waals surface area contributed by atoms with Crippen molar-refractivity contribution in [3.8, 4) is 11.1 Å². The van der Waals surface area contributed by atoms with Crippen LogP contribution in [-0.4, -0.2) is 11.2 Å². The maximum Gasteiger partial charge on any atom is 0.0654 e. The van der Waals surface area contributed by atoms with E-state index in [1.807, 2.05) is 30.6 Å². The zero-order valence-electron chi connectivity index (χ0n) is 11.7. The van der Waals surface area contributed by atoms with Gasteiger partial charge < -0.3 is 0 Å². The SMILES string of the molecule is C(=NCc1cccnc1)c1ccc(-c2ccccc2)cc1. The quantitative estimate of drug-likeness (QED) is 0.647. The largest absolute Gasteiger partial charge is 0.288 e. The van der Waals surface area contributed by atoms with Crippen LogP contribution in [0.2, 0.25) is 0 Å². The lowest BCUT2D eigenvalue weighted by molar-refractivity contribution is 1.05. The summed E-state index contributed by atoms with van der Waals surface area (Å²) in [4.78, 5) is 8.53. The summed E-state index contributed by atoms with van der Waals surface area (Å²) in [5.41, 5.74) is 4.68. The van der Waals surface area contributed by atoms with Crippen molar-refractivity contribution in [3.63, 3.8) is 0 Å². The monoisotopic (exact) mass is 272 g/mol. The van der Waals surface area contributed by atoms with Gasteiger partial charge in [0, 0.05) is 18.6 Å². The van der Waals surface area contributed by atoms with E-state index in [9.17, 15) is 0 Å². The molecule has 2 heteroatoms. The van der Waals surface area contributed by atoms with Crippen LogP contribution in [0.15, 0.2) is 84.1 Å². The summed E-state index contributed by atoms with van der Waals surface area (Å²) < 4.78 is 0. The van der Waals surface area contributed by atoms with Crippen molar-refractivity contribution in [2.75, 3.05) is 0 Å². The van der Waals surface area contributed by atoms with Gasteiger partial charge in [-0.3, -0.25) is 9.98 Å². The zero-order chi connectivity index (χ0) is 14.3. The number of aromatic nitrogens is 1. The normalized spacial score (nSPS) is 10.9. The van der Waals surface area contributed by atoms with E-state index in [1.54, 1.807) is 6.20 Å². The Kier molecular flexibility index (Phi) is 4.18. The van der Waals surface area contributed by atoms with Gasteiger partial charge in [0.1, 0.15) is 0 Å². The first-order valence-corrected chi connectivity index (χ1v) is 6.96. The van der Waals surface area contributed by atoms with Gasteiger partial charge in [0.25, 0.3) is 0 Å². The van der Waals surface area contributed by atoms with Gasteiger partial charge in [-0.1, -0.05) is 60.7 Å². The summed E-state index contributed by atoms with van der Waals surface area (Å²) in [6.07, 6.45) is 5.52. The molecule has 2 nitrogen and oxygen atoms in total. The fraction of sp³-hybridized carbons (Fsp3) is 0.0526. The van der Waals surface area contributed by atoms with Crippen molar-refractivity contribution in [2.24, 2.45) is 4.99 Å². The lowest BCUT2D eigenvalue weighted by atomic mass is 10.0. The molecule has 0 unspecified atom stereocenters. The summed E-state index contributed by atoms with van der Waals surface area (Å²) in [7, 11) is 0. The average Bonchev–Trinajstić information content (AvgIpc) is 2.57. The average molecular weight is 272 g/mol. The van der Waals surface area contributed by atoms with Crippen LogP contribution >= 0.6 is 0 Å². The predicted octanol–water partition coefficient (Wildman–Crippen LogP) is 4.37. The molecule has 1 heterocycles. The van der Waals surface area contributed by atoms with Gasteiger partial charge in [-0.05, 0) is 28.3 Å². The molecule has 0 aliphatic carbocycles. The van der Waals surface area contributed by atoms with E-state index in [0.717, 1.165) is 11.1 Å². The molecule has 0 saturated carbocycles. The minimum Gasteiger partial charge on any atom is -0.288 e. The molecule has 0 amide bonds. The molecular formula is C19H16N2. The number of rotatable bonds is 4. The lowest BCUT2D eigenvalue weighted by Crippen LogP contribution is -1.86. The number of pyridine rings is 1. The van der Waals surface area contributed by atoms with E-state index in [-0.39, 0.29) is 0 Å². The van der Waals surface area contributed by atoms with Gasteiger partial charge in [-0.15, -0.1) is 0 Å². The number of hydrogen-bond donors (Lipinski definition) is 0. The molecule has 0 N–H and O–H groups in total. The maximum absolute atomic E-state index is 4.45. The van der Waals surface area contributed by atoms with E-state index in [0.29, 0.717) is 6.54 Å². The highest BCUT2D eigenvalue weighted by Gasteiger charge is 1.96. The van der Waals surface area contributed by atoms with Gasteiger partial charge in [0.05, 0.1) is 6.54 Å². The van der Waals surface area contributed by atoms with Crippen molar-refractivity contribution in [1.82, 2.24) is 4.98 Å². The van der Waals surface area contributed by atoms with E-state index in [2.05, 4.69) is 58.5 Å². The molecule has 2 aromatic carbocycles. The molecule has 0 spiro atoms. The third-order valence-corrected chi connectivity index (χ3v) is 3.25. The van der Waals surface area contributed by atoms with Gasteiger partial charge in [0.2, 0.25) is 0 Å². The highest BCUT2D eigenvalue weighted by Crippen LogP contribution is 2.18. The number of nitrogens with zero attached hydrogens (tertiary/aromatic N) is 2. The van der Waals surface area contributed by atoms with E-state index < -0.39 is 0 Å². The number of hydrogen-bond acceptors (Lipinski definition) is 2. The Hall–Kier alpha value is -2.74. The highest BCUT2D eigenvalue weighted by atomic mass is 14.7. The molecule has 0 aliphatic heterocycles. The fourth-order valence-corrected chi connectivity index (χ4v) is 2.14. The van der Waals surface area contributed by atoms with E-state index in [4.69, 9.17) is 0 Å². The minimum atomic E-state index is 0.661.